The van der Waals surface area contributed by atoms with Crippen LogP contribution >= 0.6 is 12.6 Å². The lowest BCUT2D eigenvalue weighted by molar-refractivity contribution is 1.03. The maximum atomic E-state index is 11.0. The van der Waals surface area contributed by atoms with Gasteiger partial charge in [-0.3, -0.25) is 9.78 Å². The number of hydrogen-bond donors (Lipinski definition) is 3. The van der Waals surface area contributed by atoms with Crippen LogP contribution in [0.2, 0.25) is 0 Å². The molecule has 0 fully saturated rings. The molecule has 4 nitrogen and oxygen atoms in total. The molecule has 1 rings (SSSR count). The highest BCUT2D eigenvalue weighted by Crippen LogP contribution is 1.83. The topological polar surface area (TPSA) is 65.7 Å². The number of aromatic nitrogens is 2. The molecule has 1 aromatic rings. The van der Waals surface area contributed by atoms with Crippen LogP contribution in [0.15, 0.2) is 15.8 Å². The maximum absolute atomic E-state index is 11.0. The molecule has 0 saturated carbocycles. The van der Waals surface area contributed by atoms with Crippen LogP contribution in [0.5, 0.6) is 0 Å². The molecule has 0 aliphatic heterocycles. The van der Waals surface area contributed by atoms with Crippen molar-refractivity contribution in [2.24, 2.45) is 0 Å². The Bertz CT molecular complexity index is 449. The van der Waals surface area contributed by atoms with Crippen molar-refractivity contribution in [1.82, 2.24) is 9.97 Å². The van der Waals surface area contributed by atoms with E-state index in [0.717, 1.165) is 0 Å². The van der Waals surface area contributed by atoms with Crippen molar-refractivity contribution in [2.75, 3.05) is 5.75 Å². The van der Waals surface area contributed by atoms with Gasteiger partial charge in [-0.1, -0.05) is 11.8 Å². The Morgan fingerprint density at radius 2 is 2.23 bits per heavy atom. The summed E-state index contributed by atoms with van der Waals surface area (Å²) >= 11 is 3.96. The van der Waals surface area contributed by atoms with Gasteiger partial charge in [0.25, 0.3) is 5.56 Å². The molecule has 0 bridgehead atoms. The molecule has 0 saturated heterocycles. The van der Waals surface area contributed by atoms with E-state index < -0.39 is 11.2 Å². The van der Waals surface area contributed by atoms with Gasteiger partial charge < -0.3 is 4.98 Å². The van der Waals surface area contributed by atoms with Crippen LogP contribution in [0.3, 0.4) is 0 Å². The fourth-order valence-corrected chi connectivity index (χ4v) is 0.828. The zero-order chi connectivity index (χ0) is 9.68. The van der Waals surface area contributed by atoms with Crippen molar-refractivity contribution >= 4 is 12.6 Å². The summed E-state index contributed by atoms with van der Waals surface area (Å²) in [6.45, 7) is 0. The van der Waals surface area contributed by atoms with E-state index in [9.17, 15) is 9.59 Å². The molecule has 13 heavy (non-hydrogen) atoms. The van der Waals surface area contributed by atoms with Crippen molar-refractivity contribution in [3.8, 4) is 11.8 Å². The van der Waals surface area contributed by atoms with Gasteiger partial charge in [0.1, 0.15) is 5.56 Å². The minimum Gasteiger partial charge on any atom is -0.313 e. The van der Waals surface area contributed by atoms with Crippen LogP contribution in [0, 0.1) is 11.8 Å². The van der Waals surface area contributed by atoms with E-state index in [1.54, 1.807) is 0 Å². The van der Waals surface area contributed by atoms with Crippen LogP contribution in [0.4, 0.5) is 0 Å². The molecule has 0 atom stereocenters. The van der Waals surface area contributed by atoms with Crippen LogP contribution in [0.25, 0.3) is 0 Å². The average Bonchev–Trinajstić information content (AvgIpc) is 2.09. The second-order valence-electron chi connectivity index (χ2n) is 2.26. The lowest BCUT2D eigenvalue weighted by atomic mass is 10.3. The highest BCUT2D eigenvalue weighted by molar-refractivity contribution is 7.80. The van der Waals surface area contributed by atoms with E-state index in [1.807, 2.05) is 0 Å². The molecule has 1 heterocycles. The SMILES string of the molecule is O=c1[nH]cc(C#CCCS)c(=O)[nH]1. The van der Waals surface area contributed by atoms with Crippen molar-refractivity contribution in [1.29, 1.82) is 0 Å². The number of hydrogen-bond acceptors (Lipinski definition) is 3. The van der Waals surface area contributed by atoms with E-state index in [0.29, 0.717) is 12.2 Å². The smallest absolute Gasteiger partial charge is 0.313 e. The van der Waals surface area contributed by atoms with Crippen LogP contribution in [-0.2, 0) is 0 Å². The third-order valence-corrected chi connectivity index (χ3v) is 1.50. The van der Waals surface area contributed by atoms with Gasteiger partial charge in [-0.25, -0.2) is 4.79 Å². The largest absolute Gasteiger partial charge is 0.325 e. The zero-order valence-corrected chi connectivity index (χ0v) is 7.65. The third kappa shape index (κ3) is 2.84. The summed E-state index contributed by atoms with van der Waals surface area (Å²) in [5.41, 5.74) is -0.721. The molecule has 0 amide bonds. The van der Waals surface area contributed by atoms with Gasteiger partial charge in [-0.2, -0.15) is 12.6 Å². The fourth-order valence-electron chi connectivity index (χ4n) is 0.716. The van der Waals surface area contributed by atoms with Gasteiger partial charge in [0, 0.05) is 18.4 Å². The first-order valence-electron chi connectivity index (χ1n) is 3.66. The van der Waals surface area contributed by atoms with Crippen molar-refractivity contribution in [3.63, 3.8) is 0 Å². The molecule has 0 unspecified atom stereocenters. The van der Waals surface area contributed by atoms with Gasteiger partial charge >= 0.3 is 5.69 Å². The Morgan fingerprint density at radius 3 is 2.85 bits per heavy atom. The summed E-state index contributed by atoms with van der Waals surface area (Å²) in [7, 11) is 0. The van der Waals surface area contributed by atoms with E-state index in [1.165, 1.54) is 6.20 Å². The standard InChI is InChI=1S/C8H8N2O2S/c11-7-6(3-1-2-4-13)5-9-8(12)10-7/h5,13H,2,4H2,(H2,9,10,11,12). The molecule has 0 spiro atoms. The summed E-state index contributed by atoms with van der Waals surface area (Å²) in [6.07, 6.45) is 1.91. The first-order valence-corrected chi connectivity index (χ1v) is 4.29. The first kappa shape index (κ1) is 9.68. The van der Waals surface area contributed by atoms with Crippen LogP contribution in [0.1, 0.15) is 12.0 Å². The molecule has 2 N–H and O–H groups in total. The van der Waals surface area contributed by atoms with Gasteiger partial charge in [0.05, 0.1) is 0 Å². The summed E-state index contributed by atoms with van der Waals surface area (Å²) in [6, 6.07) is 0. The highest BCUT2D eigenvalue weighted by Gasteiger charge is 1.93. The predicted molar refractivity (Wildman–Crippen MR) is 53.0 cm³/mol. The molecular weight excluding hydrogens is 188 g/mol. The molecule has 0 radical (unpaired) electrons. The fraction of sp³-hybridized carbons (Fsp3) is 0.250. The van der Waals surface area contributed by atoms with E-state index in [4.69, 9.17) is 0 Å². The second-order valence-corrected chi connectivity index (χ2v) is 2.71. The van der Waals surface area contributed by atoms with Gasteiger partial charge in [-0.05, 0) is 0 Å². The Kier molecular flexibility index (Phi) is 3.41. The van der Waals surface area contributed by atoms with Gasteiger partial charge in [0.15, 0.2) is 0 Å². The number of aromatic amines is 2. The van der Waals surface area contributed by atoms with Crippen molar-refractivity contribution in [3.05, 3.63) is 32.6 Å². The lowest BCUT2D eigenvalue weighted by Gasteiger charge is -1.86. The average molecular weight is 196 g/mol. The van der Waals surface area contributed by atoms with Gasteiger partial charge in [0.2, 0.25) is 0 Å². The normalized spacial score (nSPS) is 9.00. The predicted octanol–water partition coefficient (Wildman–Crippen LogP) is -0.265. The second kappa shape index (κ2) is 4.58. The van der Waals surface area contributed by atoms with E-state index >= 15 is 0 Å². The Balaban J connectivity index is 2.99. The molecule has 0 aliphatic rings. The van der Waals surface area contributed by atoms with Crippen molar-refractivity contribution in [2.45, 2.75) is 6.42 Å². The molecule has 0 aromatic carbocycles. The molecule has 68 valence electrons. The quantitative estimate of drug-likeness (QED) is 0.428. The Morgan fingerprint density at radius 1 is 1.46 bits per heavy atom. The zero-order valence-electron chi connectivity index (χ0n) is 6.76. The van der Waals surface area contributed by atoms with E-state index in [-0.39, 0.29) is 5.56 Å². The summed E-state index contributed by atoms with van der Waals surface area (Å²) in [5, 5.41) is 0. The Labute approximate surface area is 79.8 Å². The lowest BCUT2D eigenvalue weighted by Crippen LogP contribution is -2.23. The minimum absolute atomic E-state index is 0.265. The number of H-pyrrole nitrogens is 2. The molecule has 5 heteroatoms. The van der Waals surface area contributed by atoms with E-state index in [2.05, 4.69) is 34.4 Å². The first-order chi connectivity index (χ1) is 6.24. The van der Waals surface area contributed by atoms with Crippen LogP contribution in [-0.4, -0.2) is 15.7 Å². The summed E-state index contributed by atoms with van der Waals surface area (Å²) in [4.78, 5) is 26.1. The minimum atomic E-state index is -0.523. The number of nitrogens with one attached hydrogen (secondary N) is 2. The molecule has 0 aliphatic carbocycles. The summed E-state index contributed by atoms with van der Waals surface area (Å²) in [5.74, 6) is 6.02. The molecule has 1 aromatic heterocycles. The third-order valence-electron chi connectivity index (χ3n) is 1.28. The number of thiol groups is 1. The summed E-state index contributed by atoms with van der Waals surface area (Å²) < 4.78 is 0. The molecular formula is C8H8N2O2S. The monoisotopic (exact) mass is 196 g/mol. The highest BCUT2D eigenvalue weighted by atomic mass is 32.1. The number of rotatable bonds is 1. The van der Waals surface area contributed by atoms with Gasteiger partial charge in [-0.15, -0.1) is 0 Å². The van der Waals surface area contributed by atoms with Crippen LogP contribution < -0.4 is 11.2 Å². The Hall–Kier alpha value is -1.41. The van der Waals surface area contributed by atoms with Crippen molar-refractivity contribution < 1.29 is 0 Å². The maximum Gasteiger partial charge on any atom is 0.325 e.